The van der Waals surface area contributed by atoms with E-state index in [4.69, 9.17) is 5.73 Å². The van der Waals surface area contributed by atoms with Crippen molar-refractivity contribution in [3.8, 4) is 0 Å². The minimum atomic E-state index is 0.291. The first-order valence-corrected chi connectivity index (χ1v) is 4.47. The van der Waals surface area contributed by atoms with E-state index in [2.05, 4.69) is 21.7 Å². The molecule has 4 nitrogen and oxygen atoms in total. The molecule has 0 spiro atoms. The monoisotopic (exact) mass is 166 g/mol. The Morgan fingerprint density at radius 3 is 3.17 bits per heavy atom. The molecule has 12 heavy (non-hydrogen) atoms. The van der Waals surface area contributed by atoms with Gasteiger partial charge in [-0.05, 0) is 6.42 Å². The van der Waals surface area contributed by atoms with Gasteiger partial charge in [0, 0.05) is 25.4 Å². The molecule has 0 amide bonds. The third kappa shape index (κ3) is 1.12. The average Bonchev–Trinajstić information content (AvgIpc) is 2.46. The zero-order valence-corrected chi connectivity index (χ0v) is 7.32. The first-order chi connectivity index (χ1) is 5.81. The molecule has 1 atom stereocenters. The lowest BCUT2D eigenvalue weighted by Gasteiger charge is -2.20. The Balaban J connectivity index is 2.34. The highest BCUT2D eigenvalue weighted by atomic mass is 15.3. The summed E-state index contributed by atoms with van der Waals surface area (Å²) in [6, 6.07) is 0.291. The minimum Gasteiger partial charge on any atom is -0.326 e. The molecule has 1 aromatic rings. The second-order valence-corrected chi connectivity index (χ2v) is 3.30. The fraction of sp³-hybridized carbons (Fsp3) is 0.750. The van der Waals surface area contributed by atoms with Crippen molar-refractivity contribution in [1.29, 1.82) is 0 Å². The third-order valence-electron chi connectivity index (χ3n) is 2.38. The molecule has 0 unspecified atom stereocenters. The minimum absolute atomic E-state index is 0.291. The molecule has 4 heteroatoms. The van der Waals surface area contributed by atoms with Crippen LogP contribution < -0.4 is 5.73 Å². The molecule has 1 aliphatic rings. The van der Waals surface area contributed by atoms with Gasteiger partial charge in [0.05, 0.1) is 0 Å². The van der Waals surface area contributed by atoms with Crippen LogP contribution in [-0.2, 0) is 19.4 Å². The van der Waals surface area contributed by atoms with Crippen molar-refractivity contribution in [3.63, 3.8) is 0 Å². The Kier molecular flexibility index (Phi) is 1.84. The third-order valence-corrected chi connectivity index (χ3v) is 2.38. The SMILES string of the molecule is CCc1nnc2n1C[C@H](N)CC2. The summed E-state index contributed by atoms with van der Waals surface area (Å²) in [4.78, 5) is 0. The van der Waals surface area contributed by atoms with Gasteiger partial charge in [-0.15, -0.1) is 10.2 Å². The smallest absolute Gasteiger partial charge is 0.133 e. The lowest BCUT2D eigenvalue weighted by Crippen LogP contribution is -2.32. The van der Waals surface area contributed by atoms with Crippen molar-refractivity contribution in [2.24, 2.45) is 5.73 Å². The zero-order chi connectivity index (χ0) is 8.55. The molecule has 2 rings (SSSR count). The van der Waals surface area contributed by atoms with Gasteiger partial charge in [0.25, 0.3) is 0 Å². The molecule has 0 saturated carbocycles. The van der Waals surface area contributed by atoms with E-state index in [1.165, 1.54) is 0 Å². The highest BCUT2D eigenvalue weighted by molar-refractivity contribution is 5.00. The Labute approximate surface area is 71.8 Å². The normalized spacial score (nSPS) is 22.3. The Hall–Kier alpha value is -0.900. The topological polar surface area (TPSA) is 56.7 Å². The largest absolute Gasteiger partial charge is 0.326 e. The van der Waals surface area contributed by atoms with Crippen molar-refractivity contribution < 1.29 is 0 Å². The van der Waals surface area contributed by atoms with E-state index in [1.807, 2.05) is 0 Å². The number of rotatable bonds is 1. The van der Waals surface area contributed by atoms with Crippen LogP contribution >= 0.6 is 0 Å². The lowest BCUT2D eigenvalue weighted by atomic mass is 10.1. The quantitative estimate of drug-likeness (QED) is 0.644. The second-order valence-electron chi connectivity index (χ2n) is 3.30. The van der Waals surface area contributed by atoms with Crippen LogP contribution in [0.1, 0.15) is 25.0 Å². The summed E-state index contributed by atoms with van der Waals surface area (Å²) in [5.41, 5.74) is 5.86. The van der Waals surface area contributed by atoms with Crippen molar-refractivity contribution >= 4 is 0 Å². The van der Waals surface area contributed by atoms with Crippen LogP contribution in [0.15, 0.2) is 0 Å². The van der Waals surface area contributed by atoms with Crippen molar-refractivity contribution in [2.45, 2.75) is 38.8 Å². The number of hydrogen-bond acceptors (Lipinski definition) is 3. The Morgan fingerprint density at radius 1 is 1.58 bits per heavy atom. The Bertz CT molecular complexity index is 265. The zero-order valence-electron chi connectivity index (χ0n) is 7.32. The van der Waals surface area contributed by atoms with Gasteiger partial charge in [-0.1, -0.05) is 6.92 Å². The molecule has 66 valence electrons. The predicted molar refractivity (Wildman–Crippen MR) is 45.7 cm³/mol. The van der Waals surface area contributed by atoms with Crippen LogP contribution in [0.3, 0.4) is 0 Å². The molecular weight excluding hydrogens is 152 g/mol. The molecule has 0 aliphatic carbocycles. The maximum atomic E-state index is 5.86. The van der Waals surface area contributed by atoms with Gasteiger partial charge >= 0.3 is 0 Å². The molecule has 2 heterocycles. The summed E-state index contributed by atoms with van der Waals surface area (Å²) in [5.74, 6) is 2.17. The summed E-state index contributed by atoms with van der Waals surface area (Å²) in [6.07, 6.45) is 2.97. The fourth-order valence-corrected chi connectivity index (χ4v) is 1.67. The summed E-state index contributed by atoms with van der Waals surface area (Å²) in [5, 5.41) is 8.23. The van der Waals surface area contributed by atoms with Crippen LogP contribution in [-0.4, -0.2) is 20.8 Å². The van der Waals surface area contributed by atoms with E-state index >= 15 is 0 Å². The van der Waals surface area contributed by atoms with Gasteiger partial charge in [0.1, 0.15) is 11.6 Å². The molecule has 0 bridgehead atoms. The lowest BCUT2D eigenvalue weighted by molar-refractivity contribution is 0.444. The van der Waals surface area contributed by atoms with Crippen LogP contribution in [0.4, 0.5) is 0 Å². The standard InChI is InChI=1S/C8H14N4/c1-2-7-10-11-8-4-3-6(9)5-12(7)8/h6H,2-5,9H2,1H3/t6-/m1/s1. The molecule has 0 saturated heterocycles. The van der Waals surface area contributed by atoms with Crippen molar-refractivity contribution in [3.05, 3.63) is 11.6 Å². The van der Waals surface area contributed by atoms with Gasteiger partial charge in [-0.25, -0.2) is 0 Å². The molecule has 0 fully saturated rings. The first-order valence-electron chi connectivity index (χ1n) is 4.47. The van der Waals surface area contributed by atoms with Gasteiger partial charge in [-0.3, -0.25) is 0 Å². The average molecular weight is 166 g/mol. The van der Waals surface area contributed by atoms with E-state index in [0.29, 0.717) is 6.04 Å². The Morgan fingerprint density at radius 2 is 2.42 bits per heavy atom. The maximum Gasteiger partial charge on any atom is 0.133 e. The molecule has 0 aromatic carbocycles. The summed E-state index contributed by atoms with van der Waals surface area (Å²) >= 11 is 0. The van der Waals surface area contributed by atoms with Gasteiger partial charge in [0.15, 0.2) is 0 Å². The van der Waals surface area contributed by atoms with Crippen LogP contribution in [0.5, 0.6) is 0 Å². The number of fused-ring (bicyclic) bond motifs is 1. The van der Waals surface area contributed by atoms with E-state index in [1.54, 1.807) is 0 Å². The van der Waals surface area contributed by atoms with E-state index in [-0.39, 0.29) is 0 Å². The summed E-state index contributed by atoms with van der Waals surface area (Å²) < 4.78 is 2.16. The van der Waals surface area contributed by atoms with Gasteiger partial charge in [0.2, 0.25) is 0 Å². The van der Waals surface area contributed by atoms with E-state index < -0.39 is 0 Å². The van der Waals surface area contributed by atoms with Crippen LogP contribution in [0.25, 0.3) is 0 Å². The highest BCUT2D eigenvalue weighted by Crippen LogP contribution is 2.13. The van der Waals surface area contributed by atoms with E-state index in [9.17, 15) is 0 Å². The van der Waals surface area contributed by atoms with Crippen LogP contribution in [0, 0.1) is 0 Å². The summed E-state index contributed by atoms with van der Waals surface area (Å²) in [6.45, 7) is 2.99. The fourth-order valence-electron chi connectivity index (χ4n) is 1.67. The molecule has 1 aliphatic heterocycles. The maximum absolute atomic E-state index is 5.86. The number of aryl methyl sites for hydroxylation is 2. The van der Waals surface area contributed by atoms with Crippen molar-refractivity contribution in [2.75, 3.05) is 0 Å². The number of aromatic nitrogens is 3. The molecule has 1 aromatic heterocycles. The molecule has 2 N–H and O–H groups in total. The van der Waals surface area contributed by atoms with Crippen LogP contribution in [0.2, 0.25) is 0 Å². The van der Waals surface area contributed by atoms with Crippen molar-refractivity contribution in [1.82, 2.24) is 14.8 Å². The predicted octanol–water partition coefficient (Wildman–Crippen LogP) is 0.114. The molecule has 0 radical (unpaired) electrons. The van der Waals surface area contributed by atoms with Gasteiger partial charge in [-0.2, -0.15) is 0 Å². The molecular formula is C8H14N4. The number of nitrogens with zero attached hydrogens (tertiary/aromatic N) is 3. The second kappa shape index (κ2) is 2.86. The van der Waals surface area contributed by atoms with E-state index in [0.717, 1.165) is 37.5 Å². The van der Waals surface area contributed by atoms with Gasteiger partial charge < -0.3 is 10.3 Å². The number of hydrogen-bond donors (Lipinski definition) is 1. The highest BCUT2D eigenvalue weighted by Gasteiger charge is 2.18. The first kappa shape index (κ1) is 7.73. The number of nitrogens with two attached hydrogens (primary N) is 1. The summed E-state index contributed by atoms with van der Waals surface area (Å²) in [7, 11) is 0.